The molecule has 0 radical (unpaired) electrons. The van der Waals surface area contributed by atoms with Gasteiger partial charge in [-0.15, -0.1) is 0 Å². The number of hydrogen-bond donors (Lipinski definition) is 0. The average Bonchev–Trinajstić information content (AvgIpc) is 2.98. The lowest BCUT2D eigenvalue weighted by atomic mass is 9.90. The number of hydrogen-bond acceptors (Lipinski definition) is 7. The molecule has 1 saturated carbocycles. The highest BCUT2D eigenvalue weighted by molar-refractivity contribution is 5.98. The van der Waals surface area contributed by atoms with E-state index in [1.54, 1.807) is 18.1 Å². The number of carbonyl (C=O) groups excluding carboxylic acids is 2. The first-order chi connectivity index (χ1) is 20.6. The molecule has 1 aliphatic carbocycles. The second-order valence-electron chi connectivity index (χ2n) is 13.4. The number of benzene rings is 1. The molecule has 1 atom stereocenters. The molecule has 1 saturated heterocycles. The number of carbonyl (C=O) groups is 2. The molecular weight excluding hydrogens is 546 g/mol. The van der Waals surface area contributed by atoms with Gasteiger partial charge in [-0.2, -0.15) is 0 Å². The molecule has 2 aliphatic rings. The number of pyridine rings is 1. The van der Waals surface area contributed by atoms with Gasteiger partial charge in [0.1, 0.15) is 34.9 Å². The Labute approximate surface area is 257 Å². The molecule has 1 aromatic heterocycles. The Bertz CT molecular complexity index is 1220. The van der Waals surface area contributed by atoms with Crippen molar-refractivity contribution in [3.05, 3.63) is 30.0 Å². The van der Waals surface area contributed by atoms with Crippen LogP contribution in [0.4, 0.5) is 4.79 Å². The molecule has 0 bridgehead atoms. The summed E-state index contributed by atoms with van der Waals surface area (Å²) in [6.07, 6.45) is 7.40. The SMILES string of the molecule is COCCOc1cc(C(=O)N(CC(C)C)C2CCCN(C(=O)OC(C)(C)C)C2)nc2c(OCC3CCCCC3)cccc12. The second-order valence-corrected chi connectivity index (χ2v) is 13.4. The maximum Gasteiger partial charge on any atom is 0.410 e. The van der Waals surface area contributed by atoms with Gasteiger partial charge in [-0.3, -0.25) is 4.79 Å². The molecule has 1 aliphatic heterocycles. The summed E-state index contributed by atoms with van der Waals surface area (Å²) in [6.45, 7) is 12.8. The first-order valence-electron chi connectivity index (χ1n) is 16.0. The summed E-state index contributed by atoms with van der Waals surface area (Å²) in [5.74, 6) is 1.83. The zero-order chi connectivity index (χ0) is 31.0. The van der Waals surface area contributed by atoms with Gasteiger partial charge < -0.3 is 28.7 Å². The average molecular weight is 598 g/mol. The number of piperidine rings is 1. The quantitative estimate of drug-likeness (QED) is 0.266. The lowest BCUT2D eigenvalue weighted by molar-refractivity contribution is 0.00938. The summed E-state index contributed by atoms with van der Waals surface area (Å²) in [4.78, 5) is 35.8. The van der Waals surface area contributed by atoms with Crippen molar-refractivity contribution in [1.82, 2.24) is 14.8 Å². The van der Waals surface area contributed by atoms with E-state index < -0.39 is 5.60 Å². The maximum absolute atomic E-state index is 14.3. The minimum absolute atomic E-state index is 0.149. The van der Waals surface area contributed by atoms with Crippen molar-refractivity contribution in [2.75, 3.05) is 46.6 Å². The first kappa shape index (κ1) is 32.8. The Morgan fingerprint density at radius 3 is 2.49 bits per heavy atom. The number of likely N-dealkylation sites (tertiary alicyclic amines) is 1. The number of fused-ring (bicyclic) bond motifs is 1. The monoisotopic (exact) mass is 597 g/mol. The van der Waals surface area contributed by atoms with Crippen LogP contribution in [0.2, 0.25) is 0 Å². The molecule has 0 spiro atoms. The van der Waals surface area contributed by atoms with Gasteiger partial charge in [0.15, 0.2) is 0 Å². The van der Waals surface area contributed by atoms with Crippen molar-refractivity contribution in [2.24, 2.45) is 11.8 Å². The predicted molar refractivity (Wildman–Crippen MR) is 168 cm³/mol. The van der Waals surface area contributed by atoms with Gasteiger partial charge in [-0.25, -0.2) is 9.78 Å². The van der Waals surface area contributed by atoms with Gasteiger partial charge in [-0.05, 0) is 70.4 Å². The molecule has 2 heterocycles. The number of amides is 2. The molecule has 9 nitrogen and oxygen atoms in total. The molecule has 2 amide bonds. The van der Waals surface area contributed by atoms with Crippen LogP contribution in [-0.4, -0.2) is 85.0 Å². The third-order valence-electron chi connectivity index (χ3n) is 8.04. The van der Waals surface area contributed by atoms with Gasteiger partial charge >= 0.3 is 6.09 Å². The number of methoxy groups -OCH3 is 1. The standard InChI is InChI=1S/C34H51N3O6/c1-24(2)21-37(26-14-11-17-36(22-26)33(39)43-34(3,4)5)32(38)28-20-30(41-19-18-40-6)27-15-10-16-29(31(27)35-28)42-23-25-12-8-7-9-13-25/h10,15-16,20,24-26H,7-9,11-14,17-19,21-23H2,1-6H3. The van der Waals surface area contributed by atoms with E-state index in [0.717, 1.165) is 18.2 Å². The Kier molecular flexibility index (Phi) is 11.5. The first-order valence-corrected chi connectivity index (χ1v) is 16.0. The van der Waals surface area contributed by atoms with Gasteiger partial charge in [0.2, 0.25) is 0 Å². The molecular formula is C34H51N3O6. The Morgan fingerprint density at radius 1 is 1.02 bits per heavy atom. The normalized spacial score (nSPS) is 18.1. The minimum atomic E-state index is -0.581. The van der Waals surface area contributed by atoms with Crippen molar-refractivity contribution in [3.8, 4) is 11.5 Å². The van der Waals surface area contributed by atoms with Crippen molar-refractivity contribution in [3.63, 3.8) is 0 Å². The van der Waals surface area contributed by atoms with Crippen molar-refractivity contribution in [1.29, 1.82) is 0 Å². The largest absolute Gasteiger partial charge is 0.491 e. The topological polar surface area (TPSA) is 90.4 Å². The molecule has 238 valence electrons. The zero-order valence-corrected chi connectivity index (χ0v) is 27.0. The number of rotatable bonds is 11. The Balaban J connectivity index is 1.65. The molecule has 9 heteroatoms. The molecule has 43 heavy (non-hydrogen) atoms. The summed E-state index contributed by atoms with van der Waals surface area (Å²) in [6, 6.07) is 7.43. The van der Waals surface area contributed by atoms with Crippen molar-refractivity contribution < 1.29 is 28.5 Å². The van der Waals surface area contributed by atoms with E-state index in [4.69, 9.17) is 23.9 Å². The highest BCUT2D eigenvalue weighted by Crippen LogP contribution is 2.34. The molecule has 1 aromatic carbocycles. The highest BCUT2D eigenvalue weighted by Gasteiger charge is 2.34. The van der Waals surface area contributed by atoms with Crippen LogP contribution in [0.5, 0.6) is 11.5 Å². The number of aromatic nitrogens is 1. The summed E-state index contributed by atoms with van der Waals surface area (Å²) in [7, 11) is 1.63. The molecule has 1 unspecified atom stereocenters. The molecule has 2 fully saturated rings. The van der Waals surface area contributed by atoms with Crippen LogP contribution >= 0.6 is 0 Å². The fourth-order valence-electron chi connectivity index (χ4n) is 5.97. The van der Waals surface area contributed by atoms with E-state index >= 15 is 0 Å². The third kappa shape index (κ3) is 9.21. The van der Waals surface area contributed by atoms with Crippen LogP contribution < -0.4 is 9.47 Å². The van der Waals surface area contributed by atoms with Gasteiger partial charge in [-0.1, -0.05) is 39.2 Å². The van der Waals surface area contributed by atoms with Crippen molar-refractivity contribution in [2.45, 2.75) is 91.2 Å². The fourth-order valence-corrected chi connectivity index (χ4v) is 5.97. The lowest BCUT2D eigenvalue weighted by Crippen LogP contribution is -2.53. The van der Waals surface area contributed by atoms with Crippen LogP contribution in [0.25, 0.3) is 10.9 Å². The van der Waals surface area contributed by atoms with Crippen LogP contribution in [0, 0.1) is 11.8 Å². The van der Waals surface area contributed by atoms with E-state index in [1.165, 1.54) is 32.1 Å². The summed E-state index contributed by atoms with van der Waals surface area (Å²) in [5.41, 5.74) is 0.353. The summed E-state index contributed by atoms with van der Waals surface area (Å²) >= 11 is 0. The minimum Gasteiger partial charge on any atom is -0.491 e. The predicted octanol–water partition coefficient (Wildman–Crippen LogP) is 6.72. The maximum atomic E-state index is 14.3. The Hall–Kier alpha value is -3.07. The van der Waals surface area contributed by atoms with Gasteiger partial charge in [0, 0.05) is 44.2 Å². The number of ether oxygens (including phenoxy) is 4. The summed E-state index contributed by atoms with van der Waals surface area (Å²) < 4.78 is 23.4. The fraction of sp³-hybridized carbons (Fsp3) is 0.676. The Morgan fingerprint density at radius 2 is 1.79 bits per heavy atom. The van der Waals surface area contributed by atoms with E-state index in [0.29, 0.717) is 68.1 Å². The number of nitrogens with zero attached hydrogens (tertiary/aromatic N) is 3. The molecule has 4 rings (SSSR count). The van der Waals surface area contributed by atoms with Crippen LogP contribution in [0.3, 0.4) is 0 Å². The second kappa shape index (κ2) is 15.1. The van der Waals surface area contributed by atoms with Crippen molar-refractivity contribution >= 4 is 22.9 Å². The summed E-state index contributed by atoms with van der Waals surface area (Å²) in [5, 5.41) is 0.804. The van der Waals surface area contributed by atoms with Crippen LogP contribution in [0.15, 0.2) is 24.3 Å². The van der Waals surface area contributed by atoms with E-state index in [9.17, 15) is 9.59 Å². The van der Waals surface area contributed by atoms with Gasteiger partial charge in [0.05, 0.1) is 13.2 Å². The number of para-hydroxylation sites is 1. The van der Waals surface area contributed by atoms with E-state index in [2.05, 4.69) is 13.8 Å². The third-order valence-corrected chi connectivity index (χ3v) is 8.04. The highest BCUT2D eigenvalue weighted by atomic mass is 16.6. The van der Waals surface area contributed by atoms with Crippen LogP contribution in [0.1, 0.15) is 90.1 Å². The van der Waals surface area contributed by atoms with E-state index in [-0.39, 0.29) is 24.0 Å². The lowest BCUT2D eigenvalue weighted by Gasteiger charge is -2.40. The van der Waals surface area contributed by atoms with Gasteiger partial charge in [0.25, 0.3) is 5.91 Å². The smallest absolute Gasteiger partial charge is 0.410 e. The molecule has 0 N–H and O–H groups in total. The van der Waals surface area contributed by atoms with E-state index in [1.807, 2.05) is 43.9 Å². The van der Waals surface area contributed by atoms with Crippen LogP contribution in [-0.2, 0) is 9.47 Å². The molecule has 2 aromatic rings. The zero-order valence-electron chi connectivity index (χ0n) is 27.0.